The third-order valence-electron chi connectivity index (χ3n) is 3.10. The van der Waals surface area contributed by atoms with Crippen molar-refractivity contribution in [1.29, 1.82) is 0 Å². The van der Waals surface area contributed by atoms with E-state index < -0.39 is 31.2 Å². The first kappa shape index (κ1) is 13.9. The molecule has 0 spiro atoms. The minimum absolute atomic E-state index is 0.0337. The first-order valence-corrected chi connectivity index (χ1v) is 6.42. The largest absolute Gasteiger partial charge is 0.394 e. The Labute approximate surface area is 121 Å². The number of fused-ring (bicyclic) bond motifs is 1. The van der Waals surface area contributed by atoms with Gasteiger partial charge in [0, 0.05) is 0 Å². The van der Waals surface area contributed by atoms with Gasteiger partial charge in [-0.2, -0.15) is 4.98 Å². The molecule has 2 N–H and O–H groups in total. The summed E-state index contributed by atoms with van der Waals surface area (Å²) in [6, 6.07) is 0. The van der Waals surface area contributed by atoms with E-state index in [1.54, 1.807) is 0 Å². The second-order valence-electron chi connectivity index (χ2n) is 4.29. The fraction of sp³-hybridized carbons (Fsp3) is 0.500. The molecule has 1 saturated heterocycles. The van der Waals surface area contributed by atoms with Gasteiger partial charge in [-0.15, -0.1) is 0 Å². The number of alkyl halides is 1. The molecule has 7 nitrogen and oxygen atoms in total. The molecule has 0 saturated carbocycles. The van der Waals surface area contributed by atoms with Crippen molar-refractivity contribution >= 4 is 34.4 Å². The van der Waals surface area contributed by atoms with Crippen LogP contribution in [0.15, 0.2) is 6.33 Å². The number of aliphatic hydroxyl groups is 2. The molecule has 0 aliphatic carbocycles. The summed E-state index contributed by atoms with van der Waals surface area (Å²) >= 11 is 11.6. The van der Waals surface area contributed by atoms with Crippen molar-refractivity contribution in [3.05, 3.63) is 16.8 Å². The lowest BCUT2D eigenvalue weighted by Gasteiger charge is -2.14. The van der Waals surface area contributed by atoms with Crippen LogP contribution in [0.4, 0.5) is 4.39 Å². The van der Waals surface area contributed by atoms with Crippen molar-refractivity contribution in [2.45, 2.75) is 24.6 Å². The molecule has 0 bridgehead atoms. The summed E-state index contributed by atoms with van der Waals surface area (Å²) in [7, 11) is 0. The number of aromatic nitrogens is 4. The summed E-state index contributed by atoms with van der Waals surface area (Å²) in [5.74, 6) is 0. The van der Waals surface area contributed by atoms with Gasteiger partial charge in [-0.25, -0.2) is 14.4 Å². The molecule has 2 aromatic heterocycles. The Bertz CT molecular complexity index is 655. The van der Waals surface area contributed by atoms with E-state index in [0.29, 0.717) is 0 Å². The van der Waals surface area contributed by atoms with Gasteiger partial charge in [0.15, 0.2) is 23.2 Å². The van der Waals surface area contributed by atoms with E-state index in [0.717, 1.165) is 0 Å². The zero-order valence-corrected chi connectivity index (χ0v) is 11.3. The topological polar surface area (TPSA) is 93.3 Å². The molecule has 2 unspecified atom stereocenters. The number of hydrogen-bond acceptors (Lipinski definition) is 6. The van der Waals surface area contributed by atoms with Gasteiger partial charge in [-0.05, 0) is 11.6 Å². The highest BCUT2D eigenvalue weighted by molar-refractivity contribution is 6.35. The highest BCUT2D eigenvalue weighted by Crippen LogP contribution is 2.34. The molecule has 0 aromatic carbocycles. The average molecular weight is 323 g/mol. The zero-order chi connectivity index (χ0) is 14.4. The molecule has 10 heteroatoms. The number of nitrogens with zero attached hydrogens (tertiary/aromatic N) is 4. The second-order valence-corrected chi connectivity index (χ2v) is 4.99. The molecular formula is C10H9Cl2FN4O3. The van der Waals surface area contributed by atoms with Crippen molar-refractivity contribution < 1.29 is 19.3 Å². The summed E-state index contributed by atoms with van der Waals surface area (Å²) in [5.41, 5.74) is 0.433. The van der Waals surface area contributed by atoms with Crippen molar-refractivity contribution in [3.8, 4) is 0 Å². The molecule has 4 atom stereocenters. The Morgan fingerprint density at radius 2 is 2.15 bits per heavy atom. The molecule has 0 radical (unpaired) electrons. The van der Waals surface area contributed by atoms with Gasteiger partial charge in [0.1, 0.15) is 17.7 Å². The minimum atomic E-state index is -1.74. The summed E-state index contributed by atoms with van der Waals surface area (Å²) < 4.78 is 20.6. The van der Waals surface area contributed by atoms with E-state index in [1.165, 1.54) is 10.9 Å². The van der Waals surface area contributed by atoms with Gasteiger partial charge < -0.3 is 14.9 Å². The molecule has 2 aromatic rings. The third kappa shape index (κ3) is 2.04. The van der Waals surface area contributed by atoms with E-state index in [9.17, 15) is 9.50 Å². The van der Waals surface area contributed by atoms with Crippen LogP contribution in [0.3, 0.4) is 0 Å². The molecule has 1 fully saturated rings. The van der Waals surface area contributed by atoms with E-state index in [4.69, 9.17) is 33.0 Å². The first-order valence-electron chi connectivity index (χ1n) is 5.67. The third-order valence-corrected chi connectivity index (χ3v) is 3.53. The number of ether oxygens (including phenoxy) is 1. The summed E-state index contributed by atoms with van der Waals surface area (Å²) in [6.45, 7) is -0.499. The summed E-state index contributed by atoms with van der Waals surface area (Å²) in [5, 5.41) is 18.6. The lowest BCUT2D eigenvalue weighted by atomic mass is 10.1. The maximum atomic E-state index is 14.1. The van der Waals surface area contributed by atoms with E-state index in [-0.39, 0.29) is 21.6 Å². The van der Waals surface area contributed by atoms with Crippen molar-refractivity contribution in [2.24, 2.45) is 0 Å². The number of aliphatic hydroxyl groups excluding tert-OH is 2. The van der Waals surface area contributed by atoms with E-state index >= 15 is 0 Å². The van der Waals surface area contributed by atoms with Crippen molar-refractivity contribution in [1.82, 2.24) is 19.5 Å². The molecular weight excluding hydrogens is 314 g/mol. The second kappa shape index (κ2) is 5.05. The van der Waals surface area contributed by atoms with Gasteiger partial charge in [0.2, 0.25) is 5.28 Å². The fourth-order valence-electron chi connectivity index (χ4n) is 2.12. The Morgan fingerprint density at radius 1 is 1.40 bits per heavy atom. The van der Waals surface area contributed by atoms with Gasteiger partial charge >= 0.3 is 0 Å². The Morgan fingerprint density at radius 3 is 2.80 bits per heavy atom. The normalized spacial score (nSPS) is 30.2. The van der Waals surface area contributed by atoms with Crippen LogP contribution in [-0.2, 0) is 4.74 Å². The van der Waals surface area contributed by atoms with Crippen LogP contribution >= 0.6 is 23.2 Å². The average Bonchev–Trinajstić information content (AvgIpc) is 2.93. The van der Waals surface area contributed by atoms with Crippen LogP contribution in [0.1, 0.15) is 6.23 Å². The lowest BCUT2D eigenvalue weighted by molar-refractivity contribution is -0.0459. The molecule has 1 aliphatic heterocycles. The van der Waals surface area contributed by atoms with Crippen molar-refractivity contribution in [3.63, 3.8) is 0 Å². The molecule has 108 valence electrons. The highest BCUT2D eigenvalue weighted by Gasteiger charge is 2.45. The predicted octanol–water partition coefficient (Wildman–Crippen LogP) is 0.722. The summed E-state index contributed by atoms with van der Waals surface area (Å²) in [6.07, 6.45) is -4.09. The molecule has 20 heavy (non-hydrogen) atoms. The molecule has 3 rings (SSSR count). The monoisotopic (exact) mass is 322 g/mol. The smallest absolute Gasteiger partial charge is 0.225 e. The SMILES string of the molecule is OC[C@H]1O[C@@H](n2cnc3c(Cl)nc(Cl)nc32)C(F)C1O. The zero-order valence-electron chi connectivity index (χ0n) is 9.82. The number of rotatable bonds is 2. The number of hydrogen-bond donors (Lipinski definition) is 2. The Hall–Kier alpha value is -1.06. The minimum Gasteiger partial charge on any atom is -0.394 e. The Balaban J connectivity index is 2.07. The van der Waals surface area contributed by atoms with Crippen LogP contribution in [-0.4, -0.2) is 54.7 Å². The van der Waals surface area contributed by atoms with Crippen LogP contribution < -0.4 is 0 Å². The van der Waals surface area contributed by atoms with Gasteiger partial charge in [0.05, 0.1) is 12.9 Å². The maximum Gasteiger partial charge on any atom is 0.225 e. The van der Waals surface area contributed by atoms with Crippen LogP contribution in [0.25, 0.3) is 11.2 Å². The predicted molar refractivity (Wildman–Crippen MR) is 67.2 cm³/mol. The highest BCUT2D eigenvalue weighted by atomic mass is 35.5. The number of halogens is 3. The van der Waals surface area contributed by atoms with Gasteiger partial charge in [0.25, 0.3) is 0 Å². The van der Waals surface area contributed by atoms with Crippen LogP contribution in [0.5, 0.6) is 0 Å². The van der Waals surface area contributed by atoms with Crippen molar-refractivity contribution in [2.75, 3.05) is 6.61 Å². The maximum absolute atomic E-state index is 14.1. The number of imidazole rings is 1. The Kier molecular flexibility index (Phi) is 3.51. The van der Waals surface area contributed by atoms with Crippen LogP contribution in [0.2, 0.25) is 10.4 Å². The summed E-state index contributed by atoms with van der Waals surface area (Å²) in [4.78, 5) is 11.6. The van der Waals surface area contributed by atoms with E-state index in [2.05, 4.69) is 15.0 Å². The molecule has 0 amide bonds. The first-order chi connectivity index (χ1) is 9.52. The van der Waals surface area contributed by atoms with E-state index in [1.807, 2.05) is 0 Å². The lowest BCUT2D eigenvalue weighted by Crippen LogP contribution is -2.30. The fourth-order valence-corrected chi connectivity index (χ4v) is 2.54. The standard InChI is InChI=1S/C10H9Cl2FN4O3/c11-7-5-8(16-10(12)15-7)17(2-14-5)9-4(13)6(19)3(1-18)20-9/h2-4,6,9,18-19H,1H2/t3-,4?,6?,9-/m1/s1. The molecule has 1 aliphatic rings. The van der Waals surface area contributed by atoms with Gasteiger partial charge in [-0.3, -0.25) is 4.57 Å². The quantitative estimate of drug-likeness (QED) is 0.625. The van der Waals surface area contributed by atoms with Crippen LogP contribution in [0, 0.1) is 0 Å². The molecule has 3 heterocycles. The van der Waals surface area contributed by atoms with Gasteiger partial charge in [-0.1, -0.05) is 11.6 Å².